The lowest BCUT2D eigenvalue weighted by molar-refractivity contribution is -0.193. The number of hydrogen-bond donors (Lipinski definition) is 3. The number of imidazole rings is 1. The summed E-state index contributed by atoms with van der Waals surface area (Å²) in [6.45, 7) is 8.41. The van der Waals surface area contributed by atoms with Crippen LogP contribution in [0.15, 0.2) is 36.8 Å². The topological polar surface area (TPSA) is 119 Å². The molecule has 2 aromatic rings. The number of nitrogens with zero attached hydrogens (tertiary/aromatic N) is 4. The summed E-state index contributed by atoms with van der Waals surface area (Å²) < 4.78 is 65.7. The zero-order valence-electron chi connectivity index (χ0n) is 22.9. The van der Waals surface area contributed by atoms with Crippen molar-refractivity contribution in [2.45, 2.75) is 75.6 Å². The third kappa shape index (κ3) is 7.61. The average Bonchev–Trinajstić information content (AvgIpc) is 3.65. The molecule has 3 heterocycles. The molecular formula is C27H34F6N4O5. The standard InChI is InChI=1S/C23H32N4O.2C2HF3O2/c1-2-26-17-24-15-18(26)16-25-13-9-23(10-14-25)20-8-4-3-7-19(20)21(22(23)28)27-11-5-6-12-27;2*3-2(4,5)1(6)7/h3-4,7-8,15,17,21-22,28H,2,5-6,9-14,16H2,1H3;2*(H,6,7)/t21-,22+;;/m1../s1. The van der Waals surface area contributed by atoms with Crippen LogP contribution >= 0.6 is 0 Å². The number of alkyl halides is 6. The number of carbonyl (C=O) groups is 2. The summed E-state index contributed by atoms with van der Waals surface area (Å²) in [6.07, 6.45) is -1.93. The second kappa shape index (κ2) is 13.4. The van der Waals surface area contributed by atoms with E-state index in [-0.39, 0.29) is 17.6 Å². The van der Waals surface area contributed by atoms with Gasteiger partial charge in [0, 0.05) is 24.7 Å². The smallest absolute Gasteiger partial charge is 0.475 e. The van der Waals surface area contributed by atoms with Gasteiger partial charge in [-0.3, -0.25) is 9.80 Å². The van der Waals surface area contributed by atoms with Crippen molar-refractivity contribution in [3.63, 3.8) is 0 Å². The van der Waals surface area contributed by atoms with E-state index in [9.17, 15) is 31.4 Å². The van der Waals surface area contributed by atoms with E-state index >= 15 is 0 Å². The molecule has 1 aromatic heterocycles. The van der Waals surface area contributed by atoms with Crippen LogP contribution in [0, 0.1) is 0 Å². The van der Waals surface area contributed by atoms with Crippen molar-refractivity contribution in [3.8, 4) is 0 Å². The van der Waals surface area contributed by atoms with E-state index in [1.807, 2.05) is 12.5 Å². The number of carboxylic acids is 2. The molecular weight excluding hydrogens is 574 g/mol. The molecule has 42 heavy (non-hydrogen) atoms. The SMILES string of the molecule is CCn1cncc1CN1CCC2(CC1)c1ccccc1[C@@H](N1CCCC1)[C@@H]2O.O=C(O)C(F)(F)F.O=C(O)C(F)(F)F. The normalized spacial score (nSPS) is 22.1. The highest BCUT2D eigenvalue weighted by atomic mass is 19.4. The Hall–Kier alpha value is -3.17. The van der Waals surface area contributed by atoms with E-state index in [0.29, 0.717) is 0 Å². The summed E-state index contributed by atoms with van der Waals surface area (Å²) in [5.74, 6) is -5.51. The minimum atomic E-state index is -5.08. The Morgan fingerprint density at radius 2 is 1.48 bits per heavy atom. The Labute approximate surface area is 238 Å². The molecule has 1 spiro atoms. The van der Waals surface area contributed by atoms with Gasteiger partial charge in [0.15, 0.2) is 0 Å². The molecule has 0 saturated carbocycles. The van der Waals surface area contributed by atoms with E-state index in [2.05, 4.69) is 50.5 Å². The van der Waals surface area contributed by atoms with E-state index in [4.69, 9.17) is 19.8 Å². The minimum absolute atomic E-state index is 0.0780. The second-order valence-corrected chi connectivity index (χ2v) is 10.4. The van der Waals surface area contributed by atoms with E-state index in [1.165, 1.54) is 29.7 Å². The van der Waals surface area contributed by atoms with Crippen molar-refractivity contribution in [2.24, 2.45) is 0 Å². The molecule has 2 saturated heterocycles. The van der Waals surface area contributed by atoms with Gasteiger partial charge in [0.25, 0.3) is 0 Å². The number of aliphatic hydroxyl groups excluding tert-OH is 1. The van der Waals surface area contributed by atoms with Gasteiger partial charge in [-0.25, -0.2) is 14.6 Å². The number of rotatable bonds is 4. The van der Waals surface area contributed by atoms with Gasteiger partial charge in [0.05, 0.1) is 24.2 Å². The number of fused-ring (bicyclic) bond motifs is 2. The predicted molar refractivity (Wildman–Crippen MR) is 137 cm³/mol. The third-order valence-corrected chi connectivity index (χ3v) is 7.97. The van der Waals surface area contributed by atoms with Gasteiger partial charge >= 0.3 is 24.3 Å². The number of aliphatic carboxylic acids is 2. The van der Waals surface area contributed by atoms with Crippen LogP contribution in [0.4, 0.5) is 26.3 Å². The summed E-state index contributed by atoms with van der Waals surface area (Å²) >= 11 is 0. The molecule has 3 aliphatic rings. The molecule has 234 valence electrons. The number of carboxylic acid groups (broad SMARTS) is 2. The van der Waals surface area contributed by atoms with Crippen molar-refractivity contribution in [2.75, 3.05) is 26.2 Å². The average molecular weight is 609 g/mol. The Bertz CT molecular complexity index is 1180. The number of aliphatic hydroxyl groups is 1. The van der Waals surface area contributed by atoms with Crippen molar-refractivity contribution in [1.29, 1.82) is 0 Å². The van der Waals surface area contributed by atoms with Crippen molar-refractivity contribution < 1.29 is 51.3 Å². The Balaban J connectivity index is 0.000000289. The predicted octanol–water partition coefficient (Wildman–Crippen LogP) is 4.21. The van der Waals surface area contributed by atoms with Gasteiger partial charge in [-0.1, -0.05) is 24.3 Å². The number of benzene rings is 1. The Morgan fingerprint density at radius 3 is 1.98 bits per heavy atom. The number of likely N-dealkylation sites (tertiary alicyclic amines) is 2. The van der Waals surface area contributed by atoms with Crippen LogP contribution in [0.5, 0.6) is 0 Å². The summed E-state index contributed by atoms with van der Waals surface area (Å²) in [5.41, 5.74) is 4.01. The van der Waals surface area contributed by atoms with Gasteiger partial charge < -0.3 is 19.9 Å². The maximum Gasteiger partial charge on any atom is 0.490 e. The first kappa shape index (κ1) is 33.3. The molecule has 5 rings (SSSR count). The molecule has 1 aliphatic carbocycles. The molecule has 3 N–H and O–H groups in total. The van der Waals surface area contributed by atoms with Crippen LogP contribution in [-0.4, -0.2) is 91.2 Å². The first-order valence-electron chi connectivity index (χ1n) is 13.4. The number of aryl methyl sites for hydroxylation is 1. The van der Waals surface area contributed by atoms with Crippen molar-refractivity contribution in [1.82, 2.24) is 19.4 Å². The summed E-state index contributed by atoms with van der Waals surface area (Å²) in [7, 11) is 0. The van der Waals surface area contributed by atoms with Gasteiger partial charge in [-0.15, -0.1) is 0 Å². The van der Waals surface area contributed by atoms with Crippen LogP contribution in [-0.2, 0) is 28.1 Å². The van der Waals surface area contributed by atoms with Crippen LogP contribution in [0.25, 0.3) is 0 Å². The van der Waals surface area contributed by atoms with Crippen LogP contribution in [0.3, 0.4) is 0 Å². The van der Waals surface area contributed by atoms with E-state index < -0.39 is 24.3 Å². The lowest BCUT2D eigenvalue weighted by atomic mass is 9.72. The molecule has 2 aliphatic heterocycles. The molecule has 15 heteroatoms. The van der Waals surface area contributed by atoms with Gasteiger partial charge in [-0.2, -0.15) is 26.3 Å². The fourth-order valence-corrected chi connectivity index (χ4v) is 5.93. The molecule has 0 bridgehead atoms. The van der Waals surface area contributed by atoms with Crippen molar-refractivity contribution >= 4 is 11.9 Å². The maximum atomic E-state index is 11.6. The molecule has 0 radical (unpaired) electrons. The monoisotopic (exact) mass is 608 g/mol. The van der Waals surface area contributed by atoms with Crippen LogP contribution < -0.4 is 0 Å². The highest BCUT2D eigenvalue weighted by molar-refractivity contribution is 5.73. The van der Waals surface area contributed by atoms with Gasteiger partial charge in [0.1, 0.15) is 0 Å². The minimum Gasteiger partial charge on any atom is -0.475 e. The lowest BCUT2D eigenvalue weighted by Gasteiger charge is -2.43. The number of hydrogen-bond acceptors (Lipinski definition) is 6. The zero-order valence-corrected chi connectivity index (χ0v) is 22.9. The van der Waals surface area contributed by atoms with Gasteiger partial charge in [0.2, 0.25) is 0 Å². The van der Waals surface area contributed by atoms with Crippen LogP contribution in [0.1, 0.15) is 55.5 Å². The first-order chi connectivity index (χ1) is 19.6. The van der Waals surface area contributed by atoms with Crippen molar-refractivity contribution in [3.05, 3.63) is 53.6 Å². The maximum absolute atomic E-state index is 11.6. The summed E-state index contributed by atoms with van der Waals surface area (Å²) in [5, 5.41) is 25.8. The Kier molecular flexibility index (Phi) is 10.7. The van der Waals surface area contributed by atoms with E-state index in [0.717, 1.165) is 52.1 Å². The number of aromatic nitrogens is 2. The first-order valence-corrected chi connectivity index (χ1v) is 13.4. The van der Waals surface area contributed by atoms with E-state index in [1.54, 1.807) is 0 Å². The molecule has 0 amide bonds. The fraction of sp³-hybridized carbons (Fsp3) is 0.593. The molecule has 9 nitrogen and oxygen atoms in total. The summed E-state index contributed by atoms with van der Waals surface area (Å²) in [4.78, 5) is 27.2. The molecule has 2 fully saturated rings. The fourth-order valence-electron chi connectivity index (χ4n) is 5.93. The highest BCUT2D eigenvalue weighted by Crippen LogP contribution is 2.53. The third-order valence-electron chi connectivity index (χ3n) is 7.97. The van der Waals surface area contributed by atoms with Gasteiger partial charge in [-0.05, 0) is 69.9 Å². The summed E-state index contributed by atoms with van der Waals surface area (Å²) in [6, 6.07) is 9.05. The highest BCUT2D eigenvalue weighted by Gasteiger charge is 2.54. The number of halogens is 6. The number of piperidine rings is 1. The van der Waals surface area contributed by atoms with Crippen LogP contribution in [0.2, 0.25) is 0 Å². The molecule has 2 atom stereocenters. The quantitative estimate of drug-likeness (QED) is 0.442. The molecule has 0 unspecified atom stereocenters. The zero-order chi connectivity index (χ0) is 31.3. The lowest BCUT2D eigenvalue weighted by Crippen LogP contribution is -2.49. The molecule has 1 aromatic carbocycles. The second-order valence-electron chi connectivity index (χ2n) is 10.4. The Morgan fingerprint density at radius 1 is 0.952 bits per heavy atom. The largest absolute Gasteiger partial charge is 0.490 e.